The van der Waals surface area contributed by atoms with E-state index in [9.17, 15) is 13.2 Å². The highest BCUT2D eigenvalue weighted by atomic mass is 35.5. The zero-order chi connectivity index (χ0) is 24.1. The summed E-state index contributed by atoms with van der Waals surface area (Å²) in [6.07, 6.45) is 8.93. The Bertz CT molecular complexity index is 1080. The second kappa shape index (κ2) is 11.1. The van der Waals surface area contributed by atoms with E-state index in [-0.39, 0.29) is 17.0 Å². The maximum Gasteiger partial charge on any atom is 0.319 e. The second-order valence-corrected chi connectivity index (χ2v) is 12.1. The molecule has 0 spiro atoms. The van der Waals surface area contributed by atoms with Gasteiger partial charge in [0.2, 0.25) is 0 Å². The molecule has 8 heteroatoms. The predicted octanol–water partition coefficient (Wildman–Crippen LogP) is 5.13. The van der Waals surface area contributed by atoms with Crippen LogP contribution in [0.15, 0.2) is 53.4 Å². The summed E-state index contributed by atoms with van der Waals surface area (Å²) in [6, 6.07) is 14.7. The third kappa shape index (κ3) is 6.74. The summed E-state index contributed by atoms with van der Waals surface area (Å²) in [4.78, 5) is 15.5. The first-order chi connectivity index (χ1) is 16.3. The van der Waals surface area contributed by atoms with Gasteiger partial charge in [0.15, 0.2) is 9.84 Å². The molecular formula is C26H34ClN3O3S. The van der Waals surface area contributed by atoms with Crippen LogP contribution in [-0.2, 0) is 16.3 Å². The van der Waals surface area contributed by atoms with Gasteiger partial charge in [-0.1, -0.05) is 42.6 Å². The van der Waals surface area contributed by atoms with Crippen LogP contribution in [0.1, 0.15) is 44.1 Å². The zero-order valence-electron chi connectivity index (χ0n) is 19.7. The maximum absolute atomic E-state index is 12.7. The average molecular weight is 504 g/mol. The van der Waals surface area contributed by atoms with E-state index in [4.69, 9.17) is 11.6 Å². The lowest BCUT2D eigenvalue weighted by Crippen LogP contribution is -2.55. The molecule has 2 N–H and O–H groups in total. The molecular weight excluding hydrogens is 470 g/mol. The largest absolute Gasteiger partial charge is 0.334 e. The first-order valence-corrected chi connectivity index (χ1v) is 14.4. The van der Waals surface area contributed by atoms with Crippen molar-refractivity contribution in [2.24, 2.45) is 5.92 Å². The quantitative estimate of drug-likeness (QED) is 0.572. The summed E-state index contributed by atoms with van der Waals surface area (Å²) in [7, 11) is -3.32. The fraction of sp³-hybridized carbons (Fsp3) is 0.500. The molecule has 1 heterocycles. The van der Waals surface area contributed by atoms with Crippen LogP contribution >= 0.6 is 11.6 Å². The van der Waals surface area contributed by atoms with Crippen molar-refractivity contribution in [3.63, 3.8) is 0 Å². The molecule has 2 aromatic rings. The van der Waals surface area contributed by atoms with Crippen LogP contribution in [-0.4, -0.2) is 50.8 Å². The number of hydrogen-bond acceptors (Lipinski definition) is 4. The number of anilines is 1. The molecule has 2 unspecified atom stereocenters. The minimum Gasteiger partial charge on any atom is -0.334 e. The molecule has 0 aromatic heterocycles. The van der Waals surface area contributed by atoms with E-state index >= 15 is 0 Å². The lowest BCUT2D eigenvalue weighted by Gasteiger charge is -2.43. The van der Waals surface area contributed by atoms with E-state index in [1.54, 1.807) is 12.1 Å². The fourth-order valence-corrected chi connectivity index (χ4v) is 6.09. The Balaban J connectivity index is 1.31. The van der Waals surface area contributed by atoms with Gasteiger partial charge in [0.25, 0.3) is 0 Å². The highest BCUT2D eigenvalue weighted by Gasteiger charge is 2.33. The van der Waals surface area contributed by atoms with Crippen LogP contribution in [0, 0.1) is 5.92 Å². The van der Waals surface area contributed by atoms with Crippen molar-refractivity contribution in [3.05, 3.63) is 59.1 Å². The van der Waals surface area contributed by atoms with Crippen molar-refractivity contribution in [1.29, 1.82) is 0 Å². The number of likely N-dealkylation sites (tertiary alicyclic amines) is 1. The number of nitrogens with zero attached hydrogens (tertiary/aromatic N) is 1. The molecule has 2 amide bonds. The molecule has 1 saturated heterocycles. The van der Waals surface area contributed by atoms with Gasteiger partial charge in [-0.25, -0.2) is 13.2 Å². The first-order valence-electron chi connectivity index (χ1n) is 12.1. The Morgan fingerprint density at radius 1 is 1.03 bits per heavy atom. The van der Waals surface area contributed by atoms with Crippen molar-refractivity contribution in [1.82, 2.24) is 10.2 Å². The summed E-state index contributed by atoms with van der Waals surface area (Å²) in [5, 5.41) is 6.78. The van der Waals surface area contributed by atoms with E-state index in [0.29, 0.717) is 17.6 Å². The number of nitrogens with one attached hydrogen (secondary N) is 2. The number of carbonyl (C=O) groups is 1. The van der Waals surface area contributed by atoms with Gasteiger partial charge in [-0.3, -0.25) is 4.90 Å². The Morgan fingerprint density at radius 3 is 2.44 bits per heavy atom. The Hall–Kier alpha value is -2.09. The molecule has 0 radical (unpaired) electrons. The van der Waals surface area contributed by atoms with Crippen molar-refractivity contribution in [3.8, 4) is 0 Å². The maximum atomic E-state index is 12.7. The summed E-state index contributed by atoms with van der Waals surface area (Å²) >= 11 is 6.01. The second-order valence-electron chi connectivity index (χ2n) is 9.67. The lowest BCUT2D eigenvalue weighted by molar-refractivity contribution is 0.0859. The Kier molecular flexibility index (Phi) is 8.17. The average Bonchev–Trinajstić information content (AvgIpc) is 2.81. The molecule has 6 nitrogen and oxygen atoms in total. The van der Waals surface area contributed by atoms with Crippen LogP contribution in [0.25, 0.3) is 0 Å². The van der Waals surface area contributed by atoms with Crippen LogP contribution in [0.5, 0.6) is 0 Å². The van der Waals surface area contributed by atoms with E-state index in [1.807, 2.05) is 12.1 Å². The summed E-state index contributed by atoms with van der Waals surface area (Å²) in [6.45, 7) is 2.11. The molecule has 0 bridgehead atoms. The summed E-state index contributed by atoms with van der Waals surface area (Å²) in [5.41, 5.74) is 1.83. The van der Waals surface area contributed by atoms with Crippen LogP contribution in [0.4, 0.5) is 10.5 Å². The smallest absolute Gasteiger partial charge is 0.319 e. The summed E-state index contributed by atoms with van der Waals surface area (Å²) in [5.74, 6) is 0.679. The molecule has 2 fully saturated rings. The molecule has 1 saturated carbocycles. The van der Waals surface area contributed by atoms with Gasteiger partial charge >= 0.3 is 6.03 Å². The molecule has 2 aliphatic rings. The molecule has 184 valence electrons. The number of sulfone groups is 1. The van der Waals surface area contributed by atoms with E-state index < -0.39 is 9.84 Å². The van der Waals surface area contributed by atoms with Crippen molar-refractivity contribution < 1.29 is 13.2 Å². The Morgan fingerprint density at radius 2 is 1.74 bits per heavy atom. The third-order valence-corrected chi connectivity index (χ3v) is 8.48. The number of halogens is 1. The van der Waals surface area contributed by atoms with Crippen LogP contribution < -0.4 is 10.6 Å². The van der Waals surface area contributed by atoms with Crippen LogP contribution in [0.3, 0.4) is 0 Å². The number of benzene rings is 2. The van der Waals surface area contributed by atoms with Gasteiger partial charge in [0.1, 0.15) is 0 Å². The molecule has 1 aliphatic heterocycles. The molecule has 1 aliphatic carbocycles. The third-order valence-electron chi connectivity index (χ3n) is 7.12. The lowest BCUT2D eigenvalue weighted by atomic mass is 9.85. The molecule has 2 atom stereocenters. The normalized spacial score (nSPS) is 22.3. The number of rotatable bonds is 6. The van der Waals surface area contributed by atoms with Gasteiger partial charge in [-0.2, -0.15) is 0 Å². The van der Waals surface area contributed by atoms with E-state index in [0.717, 1.165) is 62.9 Å². The highest BCUT2D eigenvalue weighted by Crippen LogP contribution is 2.29. The van der Waals surface area contributed by atoms with Gasteiger partial charge in [-0.05, 0) is 87.0 Å². The van der Waals surface area contributed by atoms with E-state index in [1.165, 1.54) is 24.1 Å². The van der Waals surface area contributed by atoms with Crippen molar-refractivity contribution >= 4 is 33.2 Å². The fourth-order valence-electron chi connectivity index (χ4n) is 5.30. The van der Waals surface area contributed by atoms with Gasteiger partial charge in [0, 0.05) is 29.0 Å². The zero-order valence-corrected chi connectivity index (χ0v) is 21.2. The van der Waals surface area contributed by atoms with Crippen molar-refractivity contribution in [2.45, 2.75) is 61.9 Å². The van der Waals surface area contributed by atoms with Gasteiger partial charge < -0.3 is 10.6 Å². The molecule has 2 aromatic carbocycles. The standard InChI is InChI=1S/C26H34ClN3O3S/c1-34(32,33)23-6-4-5-22(18-23)28-26(31)29-24-7-2-3-8-25(24)30-15-13-20(14-16-30)17-19-9-11-21(27)12-10-19/h4-6,9-12,18,20,24-25H,2-3,7-8,13-17H2,1H3,(H2,28,29,31). The van der Waals surface area contributed by atoms with Crippen LogP contribution in [0.2, 0.25) is 5.02 Å². The highest BCUT2D eigenvalue weighted by molar-refractivity contribution is 7.90. The monoisotopic (exact) mass is 503 g/mol. The minimum absolute atomic E-state index is 0.0969. The van der Waals surface area contributed by atoms with Gasteiger partial charge in [0.05, 0.1) is 4.90 Å². The number of piperidine rings is 1. The number of amides is 2. The minimum atomic E-state index is -3.32. The number of carbonyl (C=O) groups excluding carboxylic acids is 1. The Labute approximate surface area is 208 Å². The van der Waals surface area contributed by atoms with Gasteiger partial charge in [-0.15, -0.1) is 0 Å². The van der Waals surface area contributed by atoms with E-state index in [2.05, 4.69) is 27.7 Å². The SMILES string of the molecule is CS(=O)(=O)c1cccc(NC(=O)NC2CCCCC2N2CCC(Cc3ccc(Cl)cc3)CC2)c1. The number of urea groups is 1. The molecule has 34 heavy (non-hydrogen) atoms. The topological polar surface area (TPSA) is 78.5 Å². The number of hydrogen-bond donors (Lipinski definition) is 2. The first kappa shape index (κ1) is 25.0. The van der Waals surface area contributed by atoms with Crippen molar-refractivity contribution in [2.75, 3.05) is 24.7 Å². The predicted molar refractivity (Wildman–Crippen MR) is 137 cm³/mol. The molecule has 4 rings (SSSR count). The summed E-state index contributed by atoms with van der Waals surface area (Å²) < 4.78 is 23.6.